The van der Waals surface area contributed by atoms with Crippen molar-refractivity contribution in [1.82, 2.24) is 15.5 Å². The Bertz CT molecular complexity index is 313. The van der Waals surface area contributed by atoms with Crippen molar-refractivity contribution < 1.29 is 14.3 Å². The molecule has 0 unspecified atom stereocenters. The Labute approximate surface area is 121 Å². The molecular weight excluding hydrogens is 258 g/mol. The van der Waals surface area contributed by atoms with Gasteiger partial charge < -0.3 is 20.3 Å². The van der Waals surface area contributed by atoms with Crippen LogP contribution in [0, 0.1) is 5.92 Å². The molecule has 0 aromatic rings. The molecule has 6 nitrogen and oxygen atoms in total. The summed E-state index contributed by atoms with van der Waals surface area (Å²) in [5, 5.41) is 6.02. The molecule has 0 aliphatic carbocycles. The second-order valence-corrected chi connectivity index (χ2v) is 5.49. The van der Waals surface area contributed by atoms with Crippen LogP contribution in [0.3, 0.4) is 0 Å². The SMILES string of the molecule is COCCNCC(=O)NC1CCN(C(=O)C(C)C)CC1. The average molecular weight is 285 g/mol. The number of hydrogen-bond donors (Lipinski definition) is 2. The van der Waals surface area contributed by atoms with Crippen LogP contribution in [-0.2, 0) is 14.3 Å². The number of methoxy groups -OCH3 is 1. The summed E-state index contributed by atoms with van der Waals surface area (Å²) in [6.45, 7) is 6.89. The van der Waals surface area contributed by atoms with Gasteiger partial charge >= 0.3 is 0 Å². The monoisotopic (exact) mass is 285 g/mol. The van der Waals surface area contributed by atoms with Gasteiger partial charge in [-0.3, -0.25) is 9.59 Å². The third-order valence-corrected chi connectivity index (χ3v) is 3.43. The maximum Gasteiger partial charge on any atom is 0.234 e. The van der Waals surface area contributed by atoms with Crippen LogP contribution in [0.1, 0.15) is 26.7 Å². The first-order valence-corrected chi connectivity index (χ1v) is 7.32. The number of ether oxygens (including phenoxy) is 1. The van der Waals surface area contributed by atoms with Gasteiger partial charge in [0.05, 0.1) is 13.2 Å². The molecular formula is C14H27N3O3. The van der Waals surface area contributed by atoms with Crippen LogP contribution < -0.4 is 10.6 Å². The van der Waals surface area contributed by atoms with Gasteiger partial charge in [0, 0.05) is 38.7 Å². The molecule has 6 heteroatoms. The molecule has 2 N–H and O–H groups in total. The van der Waals surface area contributed by atoms with E-state index >= 15 is 0 Å². The van der Waals surface area contributed by atoms with Crippen molar-refractivity contribution in [2.75, 3.05) is 39.9 Å². The zero-order chi connectivity index (χ0) is 15.0. The van der Waals surface area contributed by atoms with Crippen molar-refractivity contribution >= 4 is 11.8 Å². The summed E-state index contributed by atoms with van der Waals surface area (Å²) in [5.41, 5.74) is 0. The summed E-state index contributed by atoms with van der Waals surface area (Å²) >= 11 is 0. The van der Waals surface area contributed by atoms with Crippen LogP contribution in [0.2, 0.25) is 0 Å². The fourth-order valence-electron chi connectivity index (χ4n) is 2.26. The summed E-state index contributed by atoms with van der Waals surface area (Å²) in [5.74, 6) is 0.261. The van der Waals surface area contributed by atoms with Crippen LogP contribution in [0.25, 0.3) is 0 Å². The molecule has 20 heavy (non-hydrogen) atoms. The molecule has 1 aliphatic rings. The molecule has 1 saturated heterocycles. The molecule has 1 heterocycles. The lowest BCUT2D eigenvalue weighted by molar-refractivity contribution is -0.135. The van der Waals surface area contributed by atoms with E-state index in [1.807, 2.05) is 18.7 Å². The van der Waals surface area contributed by atoms with Crippen LogP contribution in [0.15, 0.2) is 0 Å². The lowest BCUT2D eigenvalue weighted by atomic mass is 10.0. The normalized spacial score (nSPS) is 16.5. The minimum Gasteiger partial charge on any atom is -0.383 e. The third kappa shape index (κ3) is 5.88. The van der Waals surface area contributed by atoms with Gasteiger partial charge in [-0.1, -0.05) is 13.8 Å². The number of hydrogen-bond acceptors (Lipinski definition) is 4. The fourth-order valence-corrected chi connectivity index (χ4v) is 2.26. The summed E-state index contributed by atoms with van der Waals surface area (Å²) in [6.07, 6.45) is 1.67. The molecule has 0 spiro atoms. The second-order valence-electron chi connectivity index (χ2n) is 5.49. The Morgan fingerprint density at radius 2 is 1.95 bits per heavy atom. The number of rotatable bonds is 7. The number of carbonyl (C=O) groups is 2. The molecule has 1 aliphatic heterocycles. The van der Waals surface area contributed by atoms with Crippen molar-refractivity contribution in [3.63, 3.8) is 0 Å². The molecule has 2 amide bonds. The van der Waals surface area contributed by atoms with Gasteiger partial charge in [0.2, 0.25) is 11.8 Å². The van der Waals surface area contributed by atoms with E-state index in [1.54, 1.807) is 7.11 Å². The minimum absolute atomic E-state index is 0.00902. The molecule has 0 aromatic heterocycles. The first kappa shape index (κ1) is 16.9. The molecule has 0 saturated carbocycles. The maximum absolute atomic E-state index is 11.8. The number of nitrogens with one attached hydrogen (secondary N) is 2. The van der Waals surface area contributed by atoms with E-state index in [1.165, 1.54) is 0 Å². The fraction of sp³-hybridized carbons (Fsp3) is 0.857. The molecule has 0 aromatic carbocycles. The first-order chi connectivity index (χ1) is 9.54. The second kappa shape index (κ2) is 8.92. The van der Waals surface area contributed by atoms with Gasteiger partial charge in [-0.05, 0) is 12.8 Å². The van der Waals surface area contributed by atoms with Gasteiger partial charge in [0.1, 0.15) is 0 Å². The maximum atomic E-state index is 11.8. The van der Waals surface area contributed by atoms with Crippen molar-refractivity contribution in [3.8, 4) is 0 Å². The van der Waals surface area contributed by atoms with Gasteiger partial charge in [-0.25, -0.2) is 0 Å². The number of piperidine rings is 1. The zero-order valence-electron chi connectivity index (χ0n) is 12.8. The molecule has 0 radical (unpaired) electrons. The quantitative estimate of drug-likeness (QED) is 0.645. The van der Waals surface area contributed by atoms with E-state index in [4.69, 9.17) is 4.74 Å². The average Bonchev–Trinajstić information content (AvgIpc) is 2.43. The van der Waals surface area contributed by atoms with Gasteiger partial charge in [0.25, 0.3) is 0 Å². The highest BCUT2D eigenvalue weighted by Gasteiger charge is 2.24. The number of carbonyl (C=O) groups excluding carboxylic acids is 2. The van der Waals surface area contributed by atoms with E-state index in [9.17, 15) is 9.59 Å². The molecule has 0 atom stereocenters. The highest BCUT2D eigenvalue weighted by Crippen LogP contribution is 2.13. The first-order valence-electron chi connectivity index (χ1n) is 7.32. The third-order valence-electron chi connectivity index (χ3n) is 3.43. The lowest BCUT2D eigenvalue weighted by Gasteiger charge is -2.33. The smallest absolute Gasteiger partial charge is 0.234 e. The van der Waals surface area contributed by atoms with Crippen molar-refractivity contribution in [1.29, 1.82) is 0 Å². The zero-order valence-corrected chi connectivity index (χ0v) is 12.8. The highest BCUT2D eigenvalue weighted by molar-refractivity contribution is 5.79. The van der Waals surface area contributed by atoms with Gasteiger partial charge in [-0.15, -0.1) is 0 Å². The van der Waals surface area contributed by atoms with E-state index < -0.39 is 0 Å². The van der Waals surface area contributed by atoms with E-state index in [0.29, 0.717) is 19.7 Å². The van der Waals surface area contributed by atoms with Gasteiger partial charge in [0.15, 0.2) is 0 Å². The topological polar surface area (TPSA) is 70.7 Å². The largest absolute Gasteiger partial charge is 0.383 e. The number of likely N-dealkylation sites (tertiary alicyclic amines) is 1. The van der Waals surface area contributed by atoms with Crippen LogP contribution >= 0.6 is 0 Å². The summed E-state index contributed by atoms with van der Waals surface area (Å²) < 4.78 is 4.90. The van der Waals surface area contributed by atoms with Crippen LogP contribution in [0.5, 0.6) is 0 Å². The van der Waals surface area contributed by atoms with Gasteiger partial charge in [-0.2, -0.15) is 0 Å². The molecule has 0 bridgehead atoms. The van der Waals surface area contributed by atoms with Crippen molar-refractivity contribution in [3.05, 3.63) is 0 Å². The summed E-state index contributed by atoms with van der Waals surface area (Å²) in [4.78, 5) is 25.4. The minimum atomic E-state index is 0.00902. The highest BCUT2D eigenvalue weighted by atomic mass is 16.5. The predicted octanol–water partition coefficient (Wildman–Crippen LogP) is -0.0144. The van der Waals surface area contributed by atoms with Crippen molar-refractivity contribution in [2.45, 2.75) is 32.7 Å². The number of nitrogens with zero attached hydrogens (tertiary/aromatic N) is 1. The molecule has 116 valence electrons. The van der Waals surface area contributed by atoms with E-state index in [2.05, 4.69) is 10.6 Å². The predicted molar refractivity (Wildman–Crippen MR) is 77.3 cm³/mol. The standard InChI is InChI=1S/C14H27N3O3/c1-11(2)14(19)17-7-4-12(5-8-17)16-13(18)10-15-6-9-20-3/h11-12,15H,4-10H2,1-3H3,(H,16,18). The summed E-state index contributed by atoms with van der Waals surface area (Å²) in [6, 6.07) is 0.183. The van der Waals surface area contributed by atoms with Crippen molar-refractivity contribution in [2.24, 2.45) is 5.92 Å². The Balaban J connectivity index is 2.18. The Morgan fingerprint density at radius 3 is 2.50 bits per heavy atom. The summed E-state index contributed by atoms with van der Waals surface area (Å²) in [7, 11) is 1.63. The van der Waals surface area contributed by atoms with E-state index in [0.717, 1.165) is 25.9 Å². The molecule has 1 rings (SSSR count). The Hall–Kier alpha value is -1.14. The Morgan fingerprint density at radius 1 is 1.30 bits per heavy atom. The van der Waals surface area contributed by atoms with Crippen LogP contribution in [-0.4, -0.2) is 62.7 Å². The number of amides is 2. The molecule has 1 fully saturated rings. The Kier molecular flexibility index (Phi) is 7.54. The van der Waals surface area contributed by atoms with Crippen LogP contribution in [0.4, 0.5) is 0 Å². The lowest BCUT2D eigenvalue weighted by Crippen LogP contribution is -2.49. The van der Waals surface area contributed by atoms with E-state index in [-0.39, 0.29) is 23.8 Å².